The van der Waals surface area contributed by atoms with Gasteiger partial charge < -0.3 is 10.8 Å². The number of aromatic nitrogens is 2. The van der Waals surface area contributed by atoms with Crippen LogP contribution < -0.4 is 5.73 Å². The Morgan fingerprint density at radius 3 is 2.58 bits per heavy atom. The second-order valence-corrected chi connectivity index (χ2v) is 1.83. The standard InChI is InChI=1S/C4H4N4.C2H4O2/c5-1-3-2-7-8-4(3)6;1-2(3)4/h2H,(H3,6,7,8);1H3,(H,3,4). The summed E-state index contributed by atoms with van der Waals surface area (Å²) in [4.78, 5) is 9.00. The summed E-state index contributed by atoms with van der Waals surface area (Å²) in [6.45, 7) is 1.08. The third-order valence-corrected chi connectivity index (χ3v) is 0.789. The number of carboxylic acid groups (broad SMARTS) is 1. The highest BCUT2D eigenvalue weighted by Crippen LogP contribution is 2.01. The molecule has 0 saturated carbocycles. The molecule has 0 radical (unpaired) electrons. The van der Waals surface area contributed by atoms with E-state index in [-0.39, 0.29) is 0 Å². The highest BCUT2D eigenvalue weighted by Gasteiger charge is 1.94. The van der Waals surface area contributed by atoms with Gasteiger partial charge in [0.25, 0.3) is 5.97 Å². The van der Waals surface area contributed by atoms with Crippen LogP contribution in [0.4, 0.5) is 5.82 Å². The van der Waals surface area contributed by atoms with Gasteiger partial charge in [0.1, 0.15) is 17.5 Å². The fourth-order valence-corrected chi connectivity index (χ4v) is 0.385. The average Bonchev–Trinajstić information content (AvgIpc) is 2.33. The van der Waals surface area contributed by atoms with Crippen molar-refractivity contribution in [2.24, 2.45) is 0 Å². The Hall–Kier alpha value is -2.03. The molecule has 0 aliphatic carbocycles. The lowest BCUT2D eigenvalue weighted by Gasteiger charge is -1.77. The van der Waals surface area contributed by atoms with Gasteiger partial charge in [-0.3, -0.25) is 9.89 Å². The molecule has 0 saturated heterocycles. The number of aliphatic carboxylic acids is 1. The van der Waals surface area contributed by atoms with Gasteiger partial charge in [-0.05, 0) is 0 Å². The van der Waals surface area contributed by atoms with E-state index in [0.717, 1.165) is 6.92 Å². The first-order valence-corrected chi connectivity index (χ1v) is 2.96. The van der Waals surface area contributed by atoms with Crippen LogP contribution in [0, 0.1) is 11.3 Å². The van der Waals surface area contributed by atoms with Crippen molar-refractivity contribution in [1.82, 2.24) is 10.2 Å². The summed E-state index contributed by atoms with van der Waals surface area (Å²) in [6, 6.07) is 1.86. The van der Waals surface area contributed by atoms with Gasteiger partial charge >= 0.3 is 0 Å². The maximum absolute atomic E-state index is 9.00. The predicted molar refractivity (Wildman–Crippen MR) is 41.0 cm³/mol. The molecule has 0 atom stereocenters. The summed E-state index contributed by atoms with van der Waals surface area (Å²) < 4.78 is 0. The number of carbonyl (C=O) groups is 1. The molecule has 12 heavy (non-hydrogen) atoms. The summed E-state index contributed by atoms with van der Waals surface area (Å²) >= 11 is 0. The van der Waals surface area contributed by atoms with E-state index >= 15 is 0 Å². The van der Waals surface area contributed by atoms with Crippen LogP contribution >= 0.6 is 0 Å². The zero-order chi connectivity index (χ0) is 9.56. The number of H-pyrrole nitrogens is 1. The van der Waals surface area contributed by atoms with E-state index in [1.54, 1.807) is 0 Å². The Morgan fingerprint density at radius 2 is 2.42 bits per heavy atom. The van der Waals surface area contributed by atoms with Gasteiger partial charge in [-0.25, -0.2) is 0 Å². The molecule has 0 bridgehead atoms. The fourth-order valence-electron chi connectivity index (χ4n) is 0.385. The quantitative estimate of drug-likeness (QED) is 0.502. The van der Waals surface area contributed by atoms with Crippen molar-refractivity contribution in [3.63, 3.8) is 0 Å². The van der Waals surface area contributed by atoms with Crippen LogP contribution in [-0.4, -0.2) is 21.3 Å². The fraction of sp³-hybridized carbons (Fsp3) is 0.167. The van der Waals surface area contributed by atoms with E-state index in [1.165, 1.54) is 6.20 Å². The zero-order valence-electron chi connectivity index (χ0n) is 6.40. The molecule has 0 unspecified atom stereocenters. The summed E-state index contributed by atoms with van der Waals surface area (Å²) in [5.74, 6) is -0.507. The average molecular weight is 168 g/mol. The van der Waals surface area contributed by atoms with Crippen LogP contribution in [0.15, 0.2) is 6.20 Å². The second-order valence-electron chi connectivity index (χ2n) is 1.83. The van der Waals surface area contributed by atoms with Crippen LogP contribution in [0.25, 0.3) is 0 Å². The Morgan fingerprint density at radius 1 is 1.92 bits per heavy atom. The predicted octanol–water partition coefficient (Wildman–Crippen LogP) is -0.0455. The Bertz CT molecular complexity index is 295. The van der Waals surface area contributed by atoms with Crippen LogP contribution in [0.3, 0.4) is 0 Å². The minimum absolute atomic E-state index is 0.326. The number of nitrogens with one attached hydrogen (secondary N) is 1. The number of hydrogen-bond donors (Lipinski definition) is 3. The van der Waals surface area contributed by atoms with Crippen molar-refractivity contribution in [2.45, 2.75) is 6.92 Å². The van der Waals surface area contributed by atoms with Crippen LogP contribution in [-0.2, 0) is 4.79 Å². The molecular weight excluding hydrogens is 160 g/mol. The molecular formula is C6H8N4O2. The molecule has 1 heterocycles. The number of nitrogens with two attached hydrogens (primary N) is 1. The van der Waals surface area contributed by atoms with Crippen molar-refractivity contribution in [2.75, 3.05) is 5.73 Å². The lowest BCUT2D eigenvalue weighted by Crippen LogP contribution is -1.85. The lowest BCUT2D eigenvalue weighted by molar-refractivity contribution is -0.134. The van der Waals surface area contributed by atoms with Gasteiger partial charge in [-0.15, -0.1) is 0 Å². The summed E-state index contributed by atoms with van der Waals surface area (Å²) in [5.41, 5.74) is 5.60. The van der Waals surface area contributed by atoms with Crippen molar-refractivity contribution in [1.29, 1.82) is 5.26 Å². The molecule has 0 aliphatic rings. The number of nitriles is 1. The minimum Gasteiger partial charge on any atom is -0.481 e. The molecule has 6 heteroatoms. The third kappa shape index (κ3) is 3.90. The summed E-state index contributed by atoms with van der Waals surface area (Å²) in [7, 11) is 0. The number of aromatic amines is 1. The molecule has 0 fully saturated rings. The van der Waals surface area contributed by atoms with E-state index in [0.29, 0.717) is 11.4 Å². The molecule has 64 valence electrons. The van der Waals surface area contributed by atoms with Crippen LogP contribution in [0.5, 0.6) is 0 Å². The Balaban J connectivity index is 0.000000261. The number of nitrogens with zero attached hydrogens (tertiary/aromatic N) is 2. The molecule has 4 N–H and O–H groups in total. The first-order chi connectivity index (χ1) is 5.57. The van der Waals surface area contributed by atoms with Gasteiger partial charge in [0.2, 0.25) is 0 Å². The monoisotopic (exact) mass is 168 g/mol. The Labute approximate surface area is 68.6 Å². The van der Waals surface area contributed by atoms with Gasteiger partial charge in [0.15, 0.2) is 0 Å². The van der Waals surface area contributed by atoms with Gasteiger partial charge in [0.05, 0.1) is 6.20 Å². The molecule has 0 aliphatic heterocycles. The van der Waals surface area contributed by atoms with E-state index in [4.69, 9.17) is 20.9 Å². The van der Waals surface area contributed by atoms with E-state index < -0.39 is 5.97 Å². The summed E-state index contributed by atoms with van der Waals surface area (Å²) in [6.07, 6.45) is 1.38. The number of hydrogen-bond acceptors (Lipinski definition) is 4. The maximum Gasteiger partial charge on any atom is 0.300 e. The van der Waals surface area contributed by atoms with Crippen molar-refractivity contribution >= 4 is 11.8 Å². The molecule has 1 rings (SSSR count). The van der Waals surface area contributed by atoms with E-state index in [9.17, 15) is 0 Å². The van der Waals surface area contributed by atoms with Gasteiger partial charge in [-0.2, -0.15) is 10.4 Å². The summed E-state index contributed by atoms with van der Waals surface area (Å²) in [5, 5.41) is 21.6. The SMILES string of the molecule is CC(=O)O.N#Cc1cn[nH]c1N. The molecule has 0 spiro atoms. The zero-order valence-corrected chi connectivity index (χ0v) is 6.40. The highest BCUT2D eigenvalue weighted by atomic mass is 16.4. The molecule has 1 aromatic heterocycles. The largest absolute Gasteiger partial charge is 0.481 e. The van der Waals surface area contributed by atoms with Gasteiger partial charge in [-0.1, -0.05) is 0 Å². The molecule has 0 aromatic carbocycles. The van der Waals surface area contributed by atoms with E-state index in [2.05, 4.69) is 10.2 Å². The minimum atomic E-state index is -0.833. The first kappa shape index (κ1) is 9.97. The smallest absolute Gasteiger partial charge is 0.300 e. The number of nitrogen functional groups attached to an aromatic ring is 1. The second kappa shape index (κ2) is 4.73. The molecule has 0 amide bonds. The molecule has 1 aromatic rings. The number of rotatable bonds is 0. The van der Waals surface area contributed by atoms with E-state index in [1.807, 2.05) is 6.07 Å². The number of carboxylic acids is 1. The maximum atomic E-state index is 9.00. The highest BCUT2D eigenvalue weighted by molar-refractivity contribution is 5.62. The van der Waals surface area contributed by atoms with Crippen molar-refractivity contribution < 1.29 is 9.90 Å². The van der Waals surface area contributed by atoms with Gasteiger partial charge in [0, 0.05) is 6.92 Å². The Kier molecular flexibility index (Phi) is 3.93. The molecule has 6 nitrogen and oxygen atoms in total. The topological polar surface area (TPSA) is 116 Å². The van der Waals surface area contributed by atoms with Crippen LogP contribution in [0.1, 0.15) is 12.5 Å². The van der Waals surface area contributed by atoms with Crippen molar-refractivity contribution in [3.8, 4) is 6.07 Å². The van der Waals surface area contributed by atoms with Crippen molar-refractivity contribution in [3.05, 3.63) is 11.8 Å². The normalized spacial score (nSPS) is 7.67. The number of anilines is 1. The first-order valence-electron chi connectivity index (χ1n) is 2.96. The third-order valence-electron chi connectivity index (χ3n) is 0.789. The lowest BCUT2D eigenvalue weighted by atomic mass is 10.4. The van der Waals surface area contributed by atoms with Crippen LogP contribution in [0.2, 0.25) is 0 Å².